The van der Waals surface area contributed by atoms with E-state index in [0.717, 1.165) is 22.7 Å². The molecule has 3 aromatic rings. The van der Waals surface area contributed by atoms with E-state index in [2.05, 4.69) is 10.6 Å². The van der Waals surface area contributed by atoms with Crippen molar-refractivity contribution in [2.45, 2.75) is 13.5 Å². The molecule has 6 heteroatoms. The van der Waals surface area contributed by atoms with Crippen molar-refractivity contribution in [1.29, 1.82) is 0 Å². The second kappa shape index (κ2) is 7.77. The lowest BCUT2D eigenvalue weighted by molar-refractivity contribution is 0.123. The predicted molar refractivity (Wildman–Crippen MR) is 99.8 cm³/mol. The van der Waals surface area contributed by atoms with Gasteiger partial charge in [-0.3, -0.25) is 0 Å². The van der Waals surface area contributed by atoms with Gasteiger partial charge in [-0.25, -0.2) is 5.48 Å². The number of hydrogen-bond acceptors (Lipinski definition) is 5. The van der Waals surface area contributed by atoms with Gasteiger partial charge in [0.05, 0.1) is 10.7 Å². The first-order chi connectivity index (χ1) is 12.2. The standard InChI is InChI=1S/C19H17ClN2O3/c1-13-16-7-3-2-6-14(16)10-15(19(13)23)11-24-21-12-25-22-18-9-5-4-8-17(18)20/h2-10,12,22-23H,11H2,1H3. The zero-order valence-electron chi connectivity index (χ0n) is 13.6. The molecule has 128 valence electrons. The molecule has 0 unspecified atom stereocenters. The van der Waals surface area contributed by atoms with Gasteiger partial charge in [-0.15, -0.1) is 0 Å². The van der Waals surface area contributed by atoms with Crippen molar-refractivity contribution in [3.63, 3.8) is 0 Å². The molecule has 2 N–H and O–H groups in total. The Bertz CT molecular complexity index is 912. The molecule has 0 saturated carbocycles. The van der Waals surface area contributed by atoms with Gasteiger partial charge in [0, 0.05) is 5.56 Å². The highest BCUT2D eigenvalue weighted by molar-refractivity contribution is 6.33. The maximum atomic E-state index is 10.3. The van der Waals surface area contributed by atoms with Gasteiger partial charge in [0.15, 0.2) is 0 Å². The maximum Gasteiger partial charge on any atom is 0.245 e. The Labute approximate surface area is 150 Å². The van der Waals surface area contributed by atoms with Crippen LogP contribution in [0, 0.1) is 6.92 Å². The first-order valence-electron chi connectivity index (χ1n) is 7.67. The summed E-state index contributed by atoms with van der Waals surface area (Å²) in [7, 11) is 0. The summed E-state index contributed by atoms with van der Waals surface area (Å²) in [6, 6.07) is 16.9. The fraction of sp³-hybridized carbons (Fsp3) is 0.105. The van der Waals surface area contributed by atoms with Gasteiger partial charge in [0.25, 0.3) is 0 Å². The van der Waals surface area contributed by atoms with Crippen LogP contribution in [-0.2, 0) is 16.3 Å². The van der Waals surface area contributed by atoms with Gasteiger partial charge in [-0.2, -0.15) is 0 Å². The second-order valence-electron chi connectivity index (χ2n) is 5.41. The first-order valence-corrected chi connectivity index (χ1v) is 8.05. The number of halogens is 1. The molecule has 0 saturated heterocycles. The number of aryl methyl sites for hydroxylation is 1. The Morgan fingerprint density at radius 1 is 1.16 bits per heavy atom. The van der Waals surface area contributed by atoms with E-state index in [-0.39, 0.29) is 12.4 Å². The minimum Gasteiger partial charge on any atom is -0.507 e. The quantitative estimate of drug-likeness (QED) is 0.370. The Balaban J connectivity index is 1.58. The van der Waals surface area contributed by atoms with Crippen molar-refractivity contribution in [2.75, 3.05) is 5.48 Å². The van der Waals surface area contributed by atoms with Crippen LogP contribution < -0.4 is 5.48 Å². The molecule has 0 spiro atoms. The summed E-state index contributed by atoms with van der Waals surface area (Å²) in [4.78, 5) is 10.2. The van der Waals surface area contributed by atoms with Gasteiger partial charge in [0.2, 0.25) is 6.40 Å². The van der Waals surface area contributed by atoms with E-state index in [1.165, 1.54) is 0 Å². The van der Waals surface area contributed by atoms with Crippen molar-refractivity contribution in [2.24, 2.45) is 5.16 Å². The van der Waals surface area contributed by atoms with E-state index in [1.54, 1.807) is 12.1 Å². The molecule has 0 atom stereocenters. The van der Waals surface area contributed by atoms with Crippen LogP contribution >= 0.6 is 11.6 Å². The molecular formula is C19H17ClN2O3. The Kier molecular flexibility index (Phi) is 5.26. The number of hydrogen-bond donors (Lipinski definition) is 2. The molecular weight excluding hydrogens is 340 g/mol. The molecule has 0 aliphatic carbocycles. The normalized spacial score (nSPS) is 11.0. The van der Waals surface area contributed by atoms with Crippen LogP contribution in [0.25, 0.3) is 10.8 Å². The Hall–Kier alpha value is -2.92. The van der Waals surface area contributed by atoms with E-state index >= 15 is 0 Å². The zero-order valence-corrected chi connectivity index (χ0v) is 14.3. The monoisotopic (exact) mass is 356 g/mol. The molecule has 0 aliphatic heterocycles. The summed E-state index contributed by atoms with van der Waals surface area (Å²) in [6.07, 6.45) is 1.12. The molecule has 0 radical (unpaired) electrons. The highest BCUT2D eigenvalue weighted by Crippen LogP contribution is 2.30. The number of aromatic hydroxyl groups is 1. The van der Waals surface area contributed by atoms with E-state index < -0.39 is 0 Å². The van der Waals surface area contributed by atoms with Crippen molar-refractivity contribution >= 4 is 34.5 Å². The third-order valence-corrected chi connectivity index (χ3v) is 4.12. The molecule has 0 fully saturated rings. The number of para-hydroxylation sites is 1. The molecule has 0 amide bonds. The SMILES string of the molecule is Cc1c(O)c(CON=CONc2ccccc2Cl)cc2ccccc12. The molecule has 5 nitrogen and oxygen atoms in total. The molecule has 0 bridgehead atoms. The fourth-order valence-electron chi connectivity index (χ4n) is 2.49. The molecule has 0 aliphatic rings. The van der Waals surface area contributed by atoms with Crippen molar-refractivity contribution in [1.82, 2.24) is 0 Å². The van der Waals surface area contributed by atoms with Crippen molar-refractivity contribution < 1.29 is 14.8 Å². The zero-order chi connectivity index (χ0) is 17.6. The van der Waals surface area contributed by atoms with Gasteiger partial charge in [0.1, 0.15) is 12.4 Å². The summed E-state index contributed by atoms with van der Waals surface area (Å²) in [5, 5.41) is 16.6. The largest absolute Gasteiger partial charge is 0.507 e. The minimum atomic E-state index is 0.128. The molecule has 0 heterocycles. The number of nitrogens with zero attached hydrogens (tertiary/aromatic N) is 1. The lowest BCUT2D eigenvalue weighted by Gasteiger charge is -2.10. The van der Waals surface area contributed by atoms with Gasteiger partial charge < -0.3 is 14.8 Å². The summed E-state index contributed by atoms with van der Waals surface area (Å²) in [5.41, 5.74) is 4.75. The van der Waals surface area contributed by atoms with E-state index in [1.807, 2.05) is 49.4 Å². The average molecular weight is 357 g/mol. The summed E-state index contributed by atoms with van der Waals surface area (Å²) in [6.45, 7) is 2.00. The topological polar surface area (TPSA) is 63.1 Å². The minimum absolute atomic E-state index is 0.128. The average Bonchev–Trinajstić information content (AvgIpc) is 2.63. The van der Waals surface area contributed by atoms with Crippen LogP contribution in [0.2, 0.25) is 5.02 Å². The van der Waals surface area contributed by atoms with E-state index in [0.29, 0.717) is 16.3 Å². The van der Waals surface area contributed by atoms with Gasteiger partial charge >= 0.3 is 0 Å². The highest BCUT2D eigenvalue weighted by Gasteiger charge is 2.09. The first kappa shape index (κ1) is 16.9. The number of fused-ring (bicyclic) bond motifs is 1. The number of nitrogens with one attached hydrogen (secondary N) is 1. The Morgan fingerprint density at radius 3 is 2.76 bits per heavy atom. The van der Waals surface area contributed by atoms with E-state index in [9.17, 15) is 5.11 Å². The third-order valence-electron chi connectivity index (χ3n) is 3.79. The number of benzene rings is 3. The highest BCUT2D eigenvalue weighted by atomic mass is 35.5. The summed E-state index contributed by atoms with van der Waals surface area (Å²) < 4.78 is 0. The van der Waals surface area contributed by atoms with Crippen LogP contribution in [0.4, 0.5) is 5.69 Å². The Morgan fingerprint density at radius 2 is 1.92 bits per heavy atom. The van der Waals surface area contributed by atoms with Crippen molar-refractivity contribution in [3.05, 3.63) is 70.7 Å². The maximum absolute atomic E-state index is 10.3. The smallest absolute Gasteiger partial charge is 0.245 e. The number of phenolic OH excluding ortho intramolecular Hbond substituents is 1. The molecule has 25 heavy (non-hydrogen) atoms. The number of rotatable bonds is 6. The predicted octanol–water partition coefficient (Wildman–Crippen LogP) is 5.01. The van der Waals surface area contributed by atoms with Gasteiger partial charge in [-0.05, 0) is 41.5 Å². The lowest BCUT2D eigenvalue weighted by Crippen LogP contribution is -2.00. The van der Waals surface area contributed by atoms with Crippen LogP contribution in [0.3, 0.4) is 0 Å². The lowest BCUT2D eigenvalue weighted by atomic mass is 10.0. The second-order valence-corrected chi connectivity index (χ2v) is 5.82. The van der Waals surface area contributed by atoms with Crippen LogP contribution in [0.1, 0.15) is 11.1 Å². The molecule has 3 rings (SSSR count). The van der Waals surface area contributed by atoms with Crippen molar-refractivity contribution in [3.8, 4) is 5.75 Å². The van der Waals surface area contributed by atoms with E-state index in [4.69, 9.17) is 21.3 Å². The number of phenols is 1. The van der Waals surface area contributed by atoms with Crippen LogP contribution in [0.15, 0.2) is 59.8 Å². The number of anilines is 1. The fourth-order valence-corrected chi connectivity index (χ4v) is 2.67. The third kappa shape index (κ3) is 3.95. The number of oxime groups is 1. The van der Waals surface area contributed by atoms with Crippen LogP contribution in [-0.4, -0.2) is 11.5 Å². The van der Waals surface area contributed by atoms with Gasteiger partial charge in [-0.1, -0.05) is 53.2 Å². The summed E-state index contributed by atoms with van der Waals surface area (Å²) in [5.74, 6) is 0.212. The van der Waals surface area contributed by atoms with Crippen LogP contribution in [0.5, 0.6) is 5.75 Å². The summed E-state index contributed by atoms with van der Waals surface area (Å²) >= 11 is 5.98. The molecule has 3 aromatic carbocycles. The molecule has 0 aromatic heterocycles.